The number of rotatable bonds is 2. The van der Waals surface area contributed by atoms with Gasteiger partial charge >= 0.3 is 6.18 Å². The molecule has 0 bridgehead atoms. The van der Waals surface area contributed by atoms with Crippen LogP contribution in [0, 0.1) is 5.92 Å². The number of anilines is 1. The third-order valence-corrected chi connectivity index (χ3v) is 4.69. The Morgan fingerprint density at radius 3 is 2.43 bits per heavy atom. The van der Waals surface area contributed by atoms with Gasteiger partial charge in [0.1, 0.15) is 0 Å². The number of hydrogen-bond acceptors (Lipinski definition) is 2. The Hall–Kier alpha value is -1.23. The largest absolute Gasteiger partial charge is 0.416 e. The van der Waals surface area contributed by atoms with Crippen LogP contribution in [-0.2, 0) is 6.18 Å². The van der Waals surface area contributed by atoms with Crippen molar-refractivity contribution in [1.82, 2.24) is 5.32 Å². The van der Waals surface area contributed by atoms with Gasteiger partial charge in [-0.05, 0) is 62.4 Å². The van der Waals surface area contributed by atoms with Gasteiger partial charge in [0.05, 0.1) is 5.56 Å². The van der Waals surface area contributed by atoms with Crippen molar-refractivity contribution in [3.8, 4) is 0 Å². The molecule has 0 amide bonds. The molecule has 1 aromatic rings. The fourth-order valence-corrected chi connectivity index (χ4v) is 3.55. The number of halogens is 3. The Morgan fingerprint density at radius 2 is 1.81 bits per heavy atom. The molecule has 2 atom stereocenters. The first-order chi connectivity index (χ1) is 10.0. The van der Waals surface area contributed by atoms with E-state index in [4.69, 9.17) is 0 Å². The molecule has 0 spiro atoms. The Morgan fingerprint density at radius 1 is 1.05 bits per heavy atom. The SMILES string of the molecule is FC(F)(F)c1ccc(N2CCCC(C3CCCN3)C2)cc1. The molecule has 2 saturated heterocycles. The van der Waals surface area contributed by atoms with E-state index in [-0.39, 0.29) is 0 Å². The van der Waals surface area contributed by atoms with Gasteiger partial charge in [-0.25, -0.2) is 0 Å². The van der Waals surface area contributed by atoms with Crippen molar-refractivity contribution >= 4 is 5.69 Å². The van der Waals surface area contributed by atoms with Crippen LogP contribution in [0.4, 0.5) is 18.9 Å². The highest BCUT2D eigenvalue weighted by Gasteiger charge is 2.31. The monoisotopic (exact) mass is 298 g/mol. The van der Waals surface area contributed by atoms with Crippen LogP contribution in [0.25, 0.3) is 0 Å². The minimum absolute atomic E-state index is 0.572. The van der Waals surface area contributed by atoms with Crippen LogP contribution in [0.2, 0.25) is 0 Å². The molecular formula is C16H21F3N2. The van der Waals surface area contributed by atoms with Crippen LogP contribution in [0.15, 0.2) is 24.3 Å². The van der Waals surface area contributed by atoms with Gasteiger partial charge in [0, 0.05) is 24.8 Å². The standard InChI is InChI=1S/C16H21F3N2/c17-16(18,19)13-5-7-14(8-6-13)21-10-2-3-12(11-21)15-4-1-9-20-15/h5-8,12,15,20H,1-4,9-11H2. The van der Waals surface area contributed by atoms with Gasteiger partial charge in [0.15, 0.2) is 0 Å². The Labute approximate surface area is 123 Å². The molecule has 0 aromatic heterocycles. The normalized spacial score (nSPS) is 27.1. The summed E-state index contributed by atoms with van der Waals surface area (Å²) in [5, 5.41) is 3.55. The third kappa shape index (κ3) is 3.34. The lowest BCUT2D eigenvalue weighted by Gasteiger charge is -2.37. The van der Waals surface area contributed by atoms with E-state index in [0.717, 1.165) is 31.7 Å². The van der Waals surface area contributed by atoms with E-state index >= 15 is 0 Å². The summed E-state index contributed by atoms with van der Waals surface area (Å²) in [6, 6.07) is 6.17. The number of nitrogens with zero attached hydrogens (tertiary/aromatic N) is 1. The van der Waals surface area contributed by atoms with Crippen LogP contribution in [0.3, 0.4) is 0 Å². The fourth-order valence-electron chi connectivity index (χ4n) is 3.55. The van der Waals surface area contributed by atoms with E-state index in [1.54, 1.807) is 12.1 Å². The highest BCUT2D eigenvalue weighted by molar-refractivity contribution is 5.48. The van der Waals surface area contributed by atoms with E-state index in [0.29, 0.717) is 12.0 Å². The zero-order chi connectivity index (χ0) is 14.9. The smallest absolute Gasteiger partial charge is 0.371 e. The molecule has 0 aliphatic carbocycles. The number of piperidine rings is 1. The molecular weight excluding hydrogens is 277 g/mol. The maximum atomic E-state index is 12.6. The topological polar surface area (TPSA) is 15.3 Å². The van der Waals surface area contributed by atoms with Crippen molar-refractivity contribution in [2.24, 2.45) is 5.92 Å². The van der Waals surface area contributed by atoms with Gasteiger partial charge in [0.25, 0.3) is 0 Å². The summed E-state index contributed by atoms with van der Waals surface area (Å²) in [6.07, 6.45) is 0.544. The lowest BCUT2D eigenvalue weighted by Crippen LogP contribution is -2.43. The molecule has 21 heavy (non-hydrogen) atoms. The quantitative estimate of drug-likeness (QED) is 0.896. The van der Waals surface area contributed by atoms with Crippen molar-refractivity contribution in [3.63, 3.8) is 0 Å². The number of benzene rings is 1. The predicted molar refractivity (Wildman–Crippen MR) is 77.4 cm³/mol. The van der Waals surface area contributed by atoms with Crippen molar-refractivity contribution in [2.45, 2.75) is 37.9 Å². The zero-order valence-electron chi connectivity index (χ0n) is 12.0. The highest BCUT2D eigenvalue weighted by Crippen LogP contribution is 2.32. The van der Waals surface area contributed by atoms with E-state index in [1.807, 2.05) is 0 Å². The summed E-state index contributed by atoms with van der Waals surface area (Å²) in [4.78, 5) is 2.23. The second-order valence-corrected chi connectivity index (χ2v) is 6.10. The van der Waals surface area contributed by atoms with Gasteiger partial charge < -0.3 is 10.2 Å². The Bertz CT molecular complexity index is 463. The Balaban J connectivity index is 1.68. The molecule has 2 nitrogen and oxygen atoms in total. The van der Waals surface area contributed by atoms with E-state index in [2.05, 4.69) is 10.2 Å². The molecule has 116 valence electrons. The van der Waals surface area contributed by atoms with Crippen molar-refractivity contribution in [2.75, 3.05) is 24.5 Å². The van der Waals surface area contributed by atoms with Crippen molar-refractivity contribution in [3.05, 3.63) is 29.8 Å². The molecule has 3 rings (SSSR count). The zero-order valence-corrected chi connectivity index (χ0v) is 12.0. The second kappa shape index (κ2) is 5.87. The first-order valence-electron chi connectivity index (χ1n) is 7.69. The van der Waals surface area contributed by atoms with Gasteiger partial charge in [-0.3, -0.25) is 0 Å². The summed E-state index contributed by atoms with van der Waals surface area (Å²) in [5.74, 6) is 0.614. The molecule has 2 fully saturated rings. The lowest BCUT2D eigenvalue weighted by atomic mass is 9.89. The highest BCUT2D eigenvalue weighted by atomic mass is 19.4. The van der Waals surface area contributed by atoms with Gasteiger partial charge in [-0.15, -0.1) is 0 Å². The third-order valence-electron chi connectivity index (χ3n) is 4.69. The number of hydrogen-bond donors (Lipinski definition) is 1. The average Bonchev–Trinajstić information content (AvgIpc) is 3.01. The van der Waals surface area contributed by atoms with Crippen LogP contribution < -0.4 is 10.2 Å². The first-order valence-corrected chi connectivity index (χ1v) is 7.69. The van der Waals surface area contributed by atoms with E-state index in [1.165, 1.54) is 31.4 Å². The van der Waals surface area contributed by atoms with Gasteiger partial charge in [0.2, 0.25) is 0 Å². The van der Waals surface area contributed by atoms with Crippen LogP contribution in [-0.4, -0.2) is 25.7 Å². The minimum Gasteiger partial charge on any atom is -0.371 e. The molecule has 0 saturated carbocycles. The van der Waals surface area contributed by atoms with Crippen molar-refractivity contribution < 1.29 is 13.2 Å². The summed E-state index contributed by atoms with van der Waals surface area (Å²) in [7, 11) is 0. The molecule has 2 unspecified atom stereocenters. The predicted octanol–water partition coefficient (Wildman–Crippen LogP) is 3.67. The van der Waals surface area contributed by atoms with Crippen LogP contribution in [0.1, 0.15) is 31.2 Å². The van der Waals surface area contributed by atoms with Crippen LogP contribution >= 0.6 is 0 Å². The van der Waals surface area contributed by atoms with Crippen molar-refractivity contribution in [1.29, 1.82) is 0 Å². The lowest BCUT2D eigenvalue weighted by molar-refractivity contribution is -0.137. The number of nitrogens with one attached hydrogen (secondary N) is 1. The first kappa shape index (κ1) is 14.7. The molecule has 2 aliphatic heterocycles. The van der Waals surface area contributed by atoms with Crippen LogP contribution in [0.5, 0.6) is 0 Å². The van der Waals surface area contributed by atoms with Gasteiger partial charge in [-0.1, -0.05) is 0 Å². The molecule has 1 aromatic carbocycles. The van der Waals surface area contributed by atoms with E-state index in [9.17, 15) is 13.2 Å². The molecule has 2 aliphatic rings. The average molecular weight is 298 g/mol. The summed E-state index contributed by atoms with van der Waals surface area (Å²) in [6.45, 7) is 2.99. The maximum Gasteiger partial charge on any atom is 0.416 e. The summed E-state index contributed by atoms with van der Waals surface area (Å²) < 4.78 is 37.8. The number of alkyl halides is 3. The molecule has 1 N–H and O–H groups in total. The molecule has 0 radical (unpaired) electrons. The Kier molecular flexibility index (Phi) is 4.11. The summed E-state index contributed by atoms with van der Waals surface area (Å²) >= 11 is 0. The molecule has 2 heterocycles. The second-order valence-electron chi connectivity index (χ2n) is 6.10. The minimum atomic E-state index is -4.25. The summed E-state index contributed by atoms with van der Waals surface area (Å²) in [5.41, 5.74) is 0.336. The maximum absolute atomic E-state index is 12.6. The molecule has 5 heteroatoms. The fraction of sp³-hybridized carbons (Fsp3) is 0.625. The van der Waals surface area contributed by atoms with Gasteiger partial charge in [-0.2, -0.15) is 13.2 Å². The van der Waals surface area contributed by atoms with E-state index < -0.39 is 11.7 Å².